The number of amides is 1. The highest BCUT2D eigenvalue weighted by Crippen LogP contribution is 2.15. The zero-order valence-electron chi connectivity index (χ0n) is 11.5. The van der Waals surface area contributed by atoms with Crippen molar-refractivity contribution >= 4 is 11.9 Å². The summed E-state index contributed by atoms with van der Waals surface area (Å²) in [6.07, 6.45) is 0.225. The molecule has 0 radical (unpaired) electrons. The lowest BCUT2D eigenvalue weighted by Crippen LogP contribution is -2.42. The number of hydrogen-bond acceptors (Lipinski definition) is 2. The summed E-state index contributed by atoms with van der Waals surface area (Å²) >= 11 is 0. The van der Waals surface area contributed by atoms with Crippen LogP contribution in [0, 0.1) is 24.5 Å². The van der Waals surface area contributed by atoms with Gasteiger partial charge in [-0.25, -0.2) is 13.6 Å². The molecule has 0 unspecified atom stereocenters. The lowest BCUT2D eigenvalue weighted by molar-refractivity contribution is -0.139. The van der Waals surface area contributed by atoms with Gasteiger partial charge in [-0.1, -0.05) is 13.8 Å². The van der Waals surface area contributed by atoms with E-state index >= 15 is 0 Å². The van der Waals surface area contributed by atoms with Gasteiger partial charge in [-0.2, -0.15) is 0 Å². The minimum atomic E-state index is -1.19. The van der Waals surface area contributed by atoms with Crippen molar-refractivity contribution < 1.29 is 23.5 Å². The van der Waals surface area contributed by atoms with E-state index in [0.717, 1.165) is 6.07 Å². The third-order valence-electron chi connectivity index (χ3n) is 2.80. The van der Waals surface area contributed by atoms with Crippen LogP contribution < -0.4 is 5.32 Å². The van der Waals surface area contributed by atoms with Crippen LogP contribution in [0.4, 0.5) is 8.78 Å². The van der Waals surface area contributed by atoms with Crippen molar-refractivity contribution in [3.8, 4) is 0 Å². The van der Waals surface area contributed by atoms with E-state index in [9.17, 15) is 18.4 Å². The Labute approximate surface area is 115 Å². The number of halogens is 2. The van der Waals surface area contributed by atoms with Gasteiger partial charge in [0.25, 0.3) is 5.91 Å². The average Bonchev–Trinajstić information content (AvgIpc) is 2.32. The summed E-state index contributed by atoms with van der Waals surface area (Å²) in [6, 6.07) is 0.573. The molecule has 0 aromatic heterocycles. The van der Waals surface area contributed by atoms with Gasteiger partial charge in [0.2, 0.25) is 0 Å². The summed E-state index contributed by atoms with van der Waals surface area (Å²) in [5, 5.41) is 11.3. The smallest absolute Gasteiger partial charge is 0.326 e. The molecule has 0 aliphatic carbocycles. The van der Waals surface area contributed by atoms with Crippen LogP contribution in [-0.4, -0.2) is 23.0 Å². The van der Waals surface area contributed by atoms with Crippen LogP contribution in [0.3, 0.4) is 0 Å². The maximum Gasteiger partial charge on any atom is 0.326 e. The fourth-order valence-corrected chi connectivity index (χ4v) is 1.76. The molecule has 6 heteroatoms. The number of rotatable bonds is 5. The zero-order valence-corrected chi connectivity index (χ0v) is 11.5. The standard InChI is InChI=1S/C14H17F2NO3/c1-7(2)4-12(14(19)20)17-13(18)9-5-8(3)10(15)6-11(9)16/h5-7,12H,4H2,1-3H3,(H,17,18)(H,19,20)/t12-/m0/s1. The number of carbonyl (C=O) groups excluding carboxylic acids is 1. The highest BCUT2D eigenvalue weighted by molar-refractivity contribution is 5.97. The Morgan fingerprint density at radius 1 is 1.25 bits per heavy atom. The second-order valence-electron chi connectivity index (χ2n) is 5.08. The molecule has 0 saturated carbocycles. The molecule has 0 bridgehead atoms. The Morgan fingerprint density at radius 2 is 1.85 bits per heavy atom. The van der Waals surface area contributed by atoms with Crippen molar-refractivity contribution in [1.29, 1.82) is 0 Å². The van der Waals surface area contributed by atoms with Crippen molar-refractivity contribution in [2.75, 3.05) is 0 Å². The first kappa shape index (κ1) is 16.1. The normalized spacial score (nSPS) is 12.3. The van der Waals surface area contributed by atoms with Crippen LogP contribution >= 0.6 is 0 Å². The second-order valence-corrected chi connectivity index (χ2v) is 5.08. The summed E-state index contributed by atoms with van der Waals surface area (Å²) in [7, 11) is 0. The van der Waals surface area contributed by atoms with Crippen LogP contribution in [-0.2, 0) is 4.79 Å². The van der Waals surface area contributed by atoms with Gasteiger partial charge in [0.05, 0.1) is 5.56 Å². The number of benzene rings is 1. The van der Waals surface area contributed by atoms with Crippen molar-refractivity contribution in [1.82, 2.24) is 5.32 Å². The van der Waals surface area contributed by atoms with Crippen LogP contribution in [0.2, 0.25) is 0 Å². The van der Waals surface area contributed by atoms with Crippen LogP contribution in [0.5, 0.6) is 0 Å². The highest BCUT2D eigenvalue weighted by Gasteiger charge is 2.23. The van der Waals surface area contributed by atoms with Crippen LogP contribution in [0.15, 0.2) is 12.1 Å². The zero-order chi connectivity index (χ0) is 15.4. The number of carboxylic acid groups (broad SMARTS) is 1. The third-order valence-corrected chi connectivity index (χ3v) is 2.80. The SMILES string of the molecule is Cc1cc(C(=O)N[C@@H](CC(C)C)C(=O)O)c(F)cc1F. The molecule has 1 aromatic carbocycles. The van der Waals surface area contributed by atoms with E-state index in [0.29, 0.717) is 6.07 Å². The van der Waals surface area contributed by atoms with Gasteiger partial charge < -0.3 is 10.4 Å². The van der Waals surface area contributed by atoms with Crippen LogP contribution in [0.1, 0.15) is 36.2 Å². The van der Waals surface area contributed by atoms with Crippen molar-refractivity contribution in [2.45, 2.75) is 33.2 Å². The van der Waals surface area contributed by atoms with E-state index in [1.807, 2.05) is 13.8 Å². The first-order valence-corrected chi connectivity index (χ1v) is 6.21. The molecule has 20 heavy (non-hydrogen) atoms. The van der Waals surface area contributed by atoms with Crippen molar-refractivity contribution in [3.63, 3.8) is 0 Å². The number of carboxylic acids is 1. The molecule has 1 amide bonds. The molecule has 0 aliphatic rings. The summed E-state index contributed by atoms with van der Waals surface area (Å²) in [5.41, 5.74) is -0.244. The lowest BCUT2D eigenvalue weighted by atomic mass is 10.0. The Bertz CT molecular complexity index is 529. The molecule has 4 nitrogen and oxygen atoms in total. The Morgan fingerprint density at radius 3 is 2.35 bits per heavy atom. The van der Waals surface area contributed by atoms with Gasteiger partial charge in [0.1, 0.15) is 17.7 Å². The molecular weight excluding hydrogens is 268 g/mol. The first-order chi connectivity index (χ1) is 9.22. The van der Waals surface area contributed by atoms with Gasteiger partial charge >= 0.3 is 5.97 Å². The number of nitrogens with one attached hydrogen (secondary N) is 1. The van der Waals surface area contributed by atoms with Crippen molar-refractivity contribution in [2.24, 2.45) is 5.92 Å². The van der Waals surface area contributed by atoms with Gasteiger partial charge in [-0.3, -0.25) is 4.79 Å². The second kappa shape index (κ2) is 6.45. The fraction of sp³-hybridized carbons (Fsp3) is 0.429. The Balaban J connectivity index is 2.95. The Hall–Kier alpha value is -1.98. The van der Waals surface area contributed by atoms with E-state index in [2.05, 4.69) is 5.32 Å². The molecule has 0 saturated heterocycles. The summed E-state index contributed by atoms with van der Waals surface area (Å²) in [5.74, 6) is -3.77. The topological polar surface area (TPSA) is 66.4 Å². The van der Waals surface area contributed by atoms with E-state index < -0.39 is 29.6 Å². The molecule has 0 spiro atoms. The molecule has 2 N–H and O–H groups in total. The monoisotopic (exact) mass is 285 g/mol. The molecule has 0 aliphatic heterocycles. The van der Waals surface area contributed by atoms with E-state index in [4.69, 9.17) is 5.11 Å². The predicted molar refractivity (Wildman–Crippen MR) is 69.4 cm³/mol. The Kier molecular flexibility index (Phi) is 5.19. The third kappa shape index (κ3) is 4.01. The lowest BCUT2D eigenvalue weighted by Gasteiger charge is -2.17. The van der Waals surface area contributed by atoms with Gasteiger partial charge in [0.15, 0.2) is 0 Å². The van der Waals surface area contributed by atoms with Crippen molar-refractivity contribution in [3.05, 3.63) is 34.9 Å². The largest absolute Gasteiger partial charge is 0.480 e. The molecule has 1 rings (SSSR count). The minimum Gasteiger partial charge on any atom is -0.480 e. The number of aryl methyl sites for hydroxylation is 1. The number of aliphatic carboxylic acids is 1. The van der Waals surface area contributed by atoms with Gasteiger partial charge in [0, 0.05) is 6.07 Å². The van der Waals surface area contributed by atoms with Crippen LogP contribution in [0.25, 0.3) is 0 Å². The summed E-state index contributed by atoms with van der Waals surface area (Å²) < 4.78 is 26.7. The predicted octanol–water partition coefficient (Wildman–Crippen LogP) is 2.50. The molecule has 1 aromatic rings. The minimum absolute atomic E-state index is 0.0520. The fourth-order valence-electron chi connectivity index (χ4n) is 1.76. The molecule has 0 fully saturated rings. The van der Waals surface area contributed by atoms with E-state index in [-0.39, 0.29) is 23.5 Å². The molecule has 0 heterocycles. The summed E-state index contributed by atoms with van der Waals surface area (Å²) in [6.45, 7) is 5.02. The quantitative estimate of drug-likeness (QED) is 0.873. The first-order valence-electron chi connectivity index (χ1n) is 6.21. The van der Waals surface area contributed by atoms with E-state index in [1.165, 1.54) is 6.92 Å². The molecule has 1 atom stereocenters. The van der Waals surface area contributed by atoms with E-state index in [1.54, 1.807) is 0 Å². The van der Waals surface area contributed by atoms with Gasteiger partial charge in [-0.05, 0) is 30.9 Å². The average molecular weight is 285 g/mol. The number of hydrogen-bond donors (Lipinski definition) is 2. The summed E-state index contributed by atoms with van der Waals surface area (Å²) in [4.78, 5) is 22.9. The van der Waals surface area contributed by atoms with Gasteiger partial charge in [-0.15, -0.1) is 0 Å². The maximum absolute atomic E-state index is 13.5. The number of carbonyl (C=O) groups is 2. The maximum atomic E-state index is 13.5. The highest BCUT2D eigenvalue weighted by atomic mass is 19.1. The molecular formula is C14H17F2NO3. The molecule has 110 valence electrons.